The molecule has 3 atom stereocenters. The van der Waals surface area contributed by atoms with E-state index in [1.54, 1.807) is 42.5 Å². The molecule has 0 spiro atoms. The van der Waals surface area contributed by atoms with E-state index in [1.807, 2.05) is 13.0 Å². The Morgan fingerprint density at radius 2 is 1.80 bits per heavy atom. The van der Waals surface area contributed by atoms with E-state index in [2.05, 4.69) is 15.0 Å². The summed E-state index contributed by atoms with van der Waals surface area (Å²) in [7, 11) is 0. The highest BCUT2D eigenvalue weighted by Crippen LogP contribution is 2.43. The summed E-state index contributed by atoms with van der Waals surface area (Å²) < 4.78 is 53.1. The molecule has 5 N–H and O–H groups in total. The molecule has 1 aliphatic carbocycles. The Morgan fingerprint density at radius 1 is 1.04 bits per heavy atom. The zero-order valence-electron chi connectivity index (χ0n) is 25.1. The molecule has 2 fully saturated rings. The zero-order valence-corrected chi connectivity index (χ0v) is 25.1. The van der Waals surface area contributed by atoms with Gasteiger partial charge in [0.25, 0.3) is 6.43 Å². The fourth-order valence-corrected chi connectivity index (χ4v) is 6.78. The predicted molar refractivity (Wildman–Crippen MR) is 169 cm³/mol. The van der Waals surface area contributed by atoms with Crippen LogP contribution in [-0.2, 0) is 0 Å². The lowest BCUT2D eigenvalue weighted by atomic mass is 10.0. The summed E-state index contributed by atoms with van der Waals surface area (Å²) in [6.45, 7) is 2.64. The number of para-hydroxylation sites is 1. The number of aryl methyl sites for hydroxylation is 1. The highest BCUT2D eigenvalue weighted by Gasteiger charge is 2.40. The standard InChI is InChI=1S/C34H33F3N6O3/c1-18-8-23(46-30-5-3-2-4-25(30)35)6-7-28(18)43-34(39)24(14-40-43)33(44)27-11-19-12-31(45-17-32(36)37)29(13-26(19)41-27)42-15-20-9-22(38)10-21(20)16-42/h2-8,11-14,20-22,32,41H,9-10,15-17,38-39H2,1H3/t20-,21?,22?/m0/s1. The maximum Gasteiger partial charge on any atom is 0.272 e. The Morgan fingerprint density at radius 3 is 2.52 bits per heavy atom. The van der Waals surface area contributed by atoms with Crippen molar-refractivity contribution < 1.29 is 27.4 Å². The van der Waals surface area contributed by atoms with Crippen LogP contribution >= 0.6 is 0 Å². The summed E-state index contributed by atoms with van der Waals surface area (Å²) in [5.74, 6) is 1.07. The van der Waals surface area contributed by atoms with Crippen molar-refractivity contribution in [2.45, 2.75) is 32.2 Å². The van der Waals surface area contributed by atoms with Crippen molar-refractivity contribution in [1.82, 2.24) is 14.8 Å². The van der Waals surface area contributed by atoms with Gasteiger partial charge in [-0.25, -0.2) is 17.9 Å². The van der Waals surface area contributed by atoms with Gasteiger partial charge in [-0.3, -0.25) is 4.79 Å². The van der Waals surface area contributed by atoms with Crippen molar-refractivity contribution in [1.29, 1.82) is 0 Å². The second-order valence-corrected chi connectivity index (χ2v) is 12.1. The molecule has 2 aromatic heterocycles. The number of halogens is 3. The van der Waals surface area contributed by atoms with Crippen LogP contribution in [0.3, 0.4) is 0 Å². The van der Waals surface area contributed by atoms with Crippen LogP contribution < -0.4 is 25.8 Å². The smallest absolute Gasteiger partial charge is 0.272 e. The number of alkyl halides is 2. The normalized spacial score (nSPS) is 19.3. The maximum absolute atomic E-state index is 14.1. The lowest BCUT2D eigenvalue weighted by molar-refractivity contribution is 0.0822. The molecule has 0 amide bonds. The number of benzene rings is 3. The molecule has 12 heteroatoms. The number of rotatable bonds is 9. The van der Waals surface area contributed by atoms with Crippen LogP contribution in [0.4, 0.5) is 24.7 Å². The molecule has 46 heavy (non-hydrogen) atoms. The molecule has 3 aromatic carbocycles. The van der Waals surface area contributed by atoms with Gasteiger partial charge < -0.3 is 30.8 Å². The lowest BCUT2D eigenvalue weighted by Gasteiger charge is -2.23. The first-order valence-corrected chi connectivity index (χ1v) is 15.1. The third-order valence-corrected chi connectivity index (χ3v) is 8.95. The van der Waals surface area contributed by atoms with Crippen LogP contribution in [0.1, 0.15) is 34.5 Å². The van der Waals surface area contributed by atoms with E-state index >= 15 is 0 Å². The minimum absolute atomic E-state index is 0.104. The largest absolute Gasteiger partial charge is 0.485 e. The van der Waals surface area contributed by atoms with Gasteiger partial charge in [-0.15, -0.1) is 0 Å². The maximum atomic E-state index is 14.1. The van der Waals surface area contributed by atoms with Crippen LogP contribution in [0, 0.1) is 24.6 Å². The van der Waals surface area contributed by atoms with Gasteiger partial charge in [0.15, 0.2) is 11.6 Å². The van der Waals surface area contributed by atoms with E-state index in [9.17, 15) is 18.0 Å². The first-order valence-electron chi connectivity index (χ1n) is 15.1. The van der Waals surface area contributed by atoms with Crippen LogP contribution in [-0.4, -0.2) is 52.7 Å². The van der Waals surface area contributed by atoms with Gasteiger partial charge in [-0.2, -0.15) is 5.10 Å². The SMILES string of the molecule is Cc1cc(Oc2ccccc2F)ccc1-n1ncc(C(=O)c2cc3cc(OCC(F)F)c(N4CC5CC(N)C[C@H]5C4)cc3[nH]2)c1N. The first-order chi connectivity index (χ1) is 22.1. The average Bonchev–Trinajstić information content (AvgIpc) is 3.79. The van der Waals surface area contributed by atoms with Crippen molar-refractivity contribution in [3.8, 4) is 22.9 Å². The third-order valence-electron chi connectivity index (χ3n) is 8.95. The van der Waals surface area contributed by atoms with E-state index < -0.39 is 18.8 Å². The van der Waals surface area contributed by atoms with Crippen molar-refractivity contribution in [3.63, 3.8) is 0 Å². The van der Waals surface area contributed by atoms with Gasteiger partial charge in [0.05, 0.1) is 28.8 Å². The van der Waals surface area contributed by atoms with E-state index in [-0.39, 0.29) is 34.6 Å². The number of fused-ring (bicyclic) bond motifs is 2. The zero-order chi connectivity index (χ0) is 32.1. The fourth-order valence-electron chi connectivity index (χ4n) is 6.78. The minimum atomic E-state index is -2.62. The molecular weight excluding hydrogens is 597 g/mol. The third kappa shape index (κ3) is 5.53. The molecule has 1 aliphatic heterocycles. The number of hydrogen-bond donors (Lipinski definition) is 3. The van der Waals surface area contributed by atoms with Crippen molar-refractivity contribution in [2.75, 3.05) is 30.3 Å². The topological polar surface area (TPSA) is 124 Å². The number of nitrogens with zero attached hydrogens (tertiary/aromatic N) is 3. The van der Waals surface area contributed by atoms with E-state index in [0.717, 1.165) is 31.5 Å². The minimum Gasteiger partial charge on any atom is -0.485 e. The van der Waals surface area contributed by atoms with Gasteiger partial charge in [0, 0.05) is 30.0 Å². The number of nitrogen functional groups attached to an aromatic ring is 1. The van der Waals surface area contributed by atoms with Crippen molar-refractivity contribution >= 4 is 28.2 Å². The van der Waals surface area contributed by atoms with Gasteiger partial charge in [-0.05, 0) is 85.7 Å². The van der Waals surface area contributed by atoms with Gasteiger partial charge in [0.1, 0.15) is 23.9 Å². The Bertz CT molecular complexity index is 1920. The van der Waals surface area contributed by atoms with E-state index in [1.165, 1.54) is 23.0 Å². The molecule has 5 aromatic rings. The number of carbonyl (C=O) groups excluding carboxylic acids is 1. The average molecular weight is 631 g/mol. The van der Waals surface area contributed by atoms with Crippen LogP contribution in [0.15, 0.2) is 66.9 Å². The fraction of sp³-hybridized carbons (Fsp3) is 0.294. The molecule has 3 heterocycles. The molecule has 9 nitrogen and oxygen atoms in total. The number of anilines is 2. The summed E-state index contributed by atoms with van der Waals surface area (Å²) in [5, 5.41) is 5.02. The molecule has 0 radical (unpaired) electrons. The number of nitrogens with one attached hydrogen (secondary N) is 1. The number of aromatic nitrogens is 3. The quantitative estimate of drug-likeness (QED) is 0.165. The molecular formula is C34H33F3N6O3. The summed E-state index contributed by atoms with van der Waals surface area (Å²) in [5.41, 5.74) is 15.8. The van der Waals surface area contributed by atoms with E-state index in [0.29, 0.717) is 45.6 Å². The van der Waals surface area contributed by atoms with Crippen LogP contribution in [0.5, 0.6) is 17.2 Å². The Kier molecular flexibility index (Phi) is 7.59. The second kappa shape index (κ2) is 11.8. The summed E-state index contributed by atoms with van der Waals surface area (Å²) in [6, 6.07) is 16.7. The van der Waals surface area contributed by atoms with Crippen LogP contribution in [0.25, 0.3) is 16.6 Å². The molecule has 7 rings (SSSR count). The second-order valence-electron chi connectivity index (χ2n) is 12.1. The number of ether oxygens (including phenoxy) is 2. The molecule has 1 saturated carbocycles. The number of ketones is 1. The highest BCUT2D eigenvalue weighted by atomic mass is 19.3. The Balaban J connectivity index is 1.15. The van der Waals surface area contributed by atoms with Crippen molar-refractivity contribution in [2.24, 2.45) is 17.6 Å². The van der Waals surface area contributed by atoms with Gasteiger partial charge >= 0.3 is 0 Å². The highest BCUT2D eigenvalue weighted by molar-refractivity contribution is 6.12. The number of H-pyrrole nitrogens is 1. The molecule has 238 valence electrons. The first kappa shape index (κ1) is 29.7. The summed E-state index contributed by atoms with van der Waals surface area (Å²) in [6.07, 6.45) is 0.667. The Hall–Kier alpha value is -4.97. The van der Waals surface area contributed by atoms with Gasteiger partial charge in [0.2, 0.25) is 5.78 Å². The lowest BCUT2D eigenvalue weighted by Crippen LogP contribution is -2.25. The molecule has 2 aliphatic rings. The number of aromatic amines is 1. The van der Waals surface area contributed by atoms with Crippen molar-refractivity contribution in [3.05, 3.63) is 89.5 Å². The van der Waals surface area contributed by atoms with Crippen LogP contribution in [0.2, 0.25) is 0 Å². The van der Waals surface area contributed by atoms with E-state index in [4.69, 9.17) is 20.9 Å². The number of carbonyl (C=O) groups is 1. The summed E-state index contributed by atoms with van der Waals surface area (Å²) in [4.78, 5) is 19.0. The summed E-state index contributed by atoms with van der Waals surface area (Å²) >= 11 is 0. The Labute approximate surface area is 262 Å². The molecule has 2 unspecified atom stereocenters. The number of nitrogens with two attached hydrogens (primary N) is 2. The predicted octanol–water partition coefficient (Wildman–Crippen LogP) is 6.22. The number of hydrogen-bond acceptors (Lipinski definition) is 7. The monoisotopic (exact) mass is 630 g/mol. The van der Waals surface area contributed by atoms with Gasteiger partial charge in [-0.1, -0.05) is 12.1 Å². The molecule has 1 saturated heterocycles. The molecule has 0 bridgehead atoms.